The minimum Gasteiger partial charge on any atom is -0.367 e. The van der Waals surface area contributed by atoms with Crippen LogP contribution < -0.4 is 5.32 Å². The van der Waals surface area contributed by atoms with Crippen molar-refractivity contribution in [1.82, 2.24) is 4.90 Å². The number of hydrogen-bond donors (Lipinski definition) is 1. The highest BCUT2D eigenvalue weighted by Gasteiger charge is 2.66. The van der Waals surface area contributed by atoms with Crippen LogP contribution in [0.4, 0.5) is 5.69 Å². The Morgan fingerprint density at radius 3 is 2.38 bits per heavy atom. The monoisotopic (exact) mass is 342 g/mol. The average Bonchev–Trinajstić information content (AvgIpc) is 3.35. The van der Waals surface area contributed by atoms with Crippen molar-refractivity contribution in [2.75, 3.05) is 12.0 Å². The summed E-state index contributed by atoms with van der Waals surface area (Å²) in [4.78, 5) is 27.2. The largest absolute Gasteiger partial charge is 0.367 e. The molecule has 2 amide bonds. The number of anilines is 1. The minimum absolute atomic E-state index is 0.00174. The lowest BCUT2D eigenvalue weighted by molar-refractivity contribution is -0.139. The first-order valence-corrected chi connectivity index (χ1v) is 8.97. The Hall–Kier alpha value is -1.81. The number of nitrogens with zero attached hydrogens (tertiary/aromatic N) is 1. The Morgan fingerprint density at radius 2 is 1.75 bits per heavy atom. The van der Waals surface area contributed by atoms with E-state index in [1.165, 1.54) is 11.3 Å². The van der Waals surface area contributed by atoms with Gasteiger partial charge in [0.2, 0.25) is 11.8 Å². The molecule has 1 aromatic rings. The fraction of sp³-hybridized carbons (Fsp3) is 0.474. The molecule has 24 heavy (non-hydrogen) atoms. The standard InChI is InChI=1S/C19H19ClN2O2/c1-9-2-3-10(20)6-15(9)21-8-22-18(23)16-11-4-5-12(14-7-13(11)14)17(16)19(22)24/h2-6,11-14,16-17,21H,7-8H2,1H3/t11-,12-,13-,14+,16-,17+/m0/s1. The fourth-order valence-electron chi connectivity index (χ4n) is 5.12. The molecule has 3 fully saturated rings. The molecule has 6 atom stereocenters. The number of carbonyl (C=O) groups excluding carboxylic acids is 2. The fourth-order valence-corrected chi connectivity index (χ4v) is 5.30. The number of hydrogen-bond acceptors (Lipinski definition) is 3. The maximum atomic E-state index is 12.9. The van der Waals surface area contributed by atoms with Crippen LogP contribution in [0.2, 0.25) is 5.02 Å². The normalized spacial score (nSPS) is 38.3. The van der Waals surface area contributed by atoms with Gasteiger partial charge in [-0.2, -0.15) is 0 Å². The third-order valence-electron chi connectivity index (χ3n) is 6.38. The van der Waals surface area contributed by atoms with Gasteiger partial charge in [-0.25, -0.2) is 0 Å². The topological polar surface area (TPSA) is 49.4 Å². The Balaban J connectivity index is 1.38. The first-order chi connectivity index (χ1) is 11.6. The van der Waals surface area contributed by atoms with Gasteiger partial charge in [0.25, 0.3) is 0 Å². The molecule has 0 unspecified atom stereocenters. The van der Waals surface area contributed by atoms with Gasteiger partial charge in [-0.05, 0) is 54.7 Å². The molecular formula is C19H19ClN2O2. The van der Waals surface area contributed by atoms with Crippen LogP contribution in [-0.2, 0) is 9.59 Å². The summed E-state index contributed by atoms with van der Waals surface area (Å²) in [5.74, 6) is 1.58. The maximum absolute atomic E-state index is 12.9. The number of amides is 2. The van der Waals surface area contributed by atoms with Crippen LogP contribution in [0.5, 0.6) is 0 Å². The molecule has 4 aliphatic carbocycles. The van der Waals surface area contributed by atoms with Crippen molar-refractivity contribution < 1.29 is 9.59 Å². The van der Waals surface area contributed by atoms with Gasteiger partial charge in [0.05, 0.1) is 18.5 Å². The number of nitrogens with one attached hydrogen (secondary N) is 1. The van der Waals surface area contributed by atoms with Gasteiger partial charge in [0, 0.05) is 10.7 Å². The molecular weight excluding hydrogens is 324 g/mol. The Morgan fingerprint density at radius 1 is 1.12 bits per heavy atom. The average molecular weight is 343 g/mol. The number of imide groups is 1. The highest BCUT2D eigenvalue weighted by Crippen LogP contribution is 2.65. The molecule has 5 heteroatoms. The first-order valence-electron chi connectivity index (χ1n) is 8.60. The van der Waals surface area contributed by atoms with E-state index < -0.39 is 0 Å². The van der Waals surface area contributed by atoms with Crippen LogP contribution in [0.25, 0.3) is 0 Å². The van der Waals surface area contributed by atoms with E-state index >= 15 is 0 Å². The predicted octanol–water partition coefficient (Wildman–Crippen LogP) is 3.07. The quantitative estimate of drug-likeness (QED) is 0.678. The van der Waals surface area contributed by atoms with Crippen LogP contribution in [0.15, 0.2) is 30.4 Å². The van der Waals surface area contributed by atoms with Crippen molar-refractivity contribution in [3.05, 3.63) is 40.9 Å². The second-order valence-electron chi connectivity index (χ2n) is 7.55. The van der Waals surface area contributed by atoms with Gasteiger partial charge in [-0.1, -0.05) is 29.8 Å². The summed E-state index contributed by atoms with van der Waals surface area (Å²) in [6.07, 6.45) is 5.59. The number of likely N-dealkylation sites (tertiary alicyclic amines) is 1. The molecule has 0 spiro atoms. The van der Waals surface area contributed by atoms with Gasteiger partial charge in [0.15, 0.2) is 0 Å². The van der Waals surface area contributed by atoms with Crippen LogP contribution in [-0.4, -0.2) is 23.4 Å². The van der Waals surface area contributed by atoms with Crippen LogP contribution in [0.1, 0.15) is 12.0 Å². The van der Waals surface area contributed by atoms with Crippen molar-refractivity contribution in [3.8, 4) is 0 Å². The van der Waals surface area contributed by atoms with E-state index in [2.05, 4.69) is 17.5 Å². The number of benzene rings is 1. The summed E-state index contributed by atoms with van der Waals surface area (Å²) in [6.45, 7) is 2.20. The third kappa shape index (κ3) is 1.86. The number of rotatable bonds is 3. The van der Waals surface area contributed by atoms with E-state index in [9.17, 15) is 9.59 Å². The van der Waals surface area contributed by atoms with Gasteiger partial charge in [-0.15, -0.1) is 0 Å². The van der Waals surface area contributed by atoms with E-state index in [1.54, 1.807) is 0 Å². The molecule has 1 N–H and O–H groups in total. The zero-order chi connectivity index (χ0) is 16.6. The van der Waals surface area contributed by atoms with Crippen LogP contribution in [0.3, 0.4) is 0 Å². The summed E-state index contributed by atoms with van der Waals surface area (Å²) in [5.41, 5.74) is 1.90. The number of halogens is 1. The van der Waals surface area contributed by atoms with Crippen LogP contribution >= 0.6 is 11.6 Å². The second kappa shape index (κ2) is 4.85. The summed E-state index contributed by atoms with van der Waals surface area (Å²) in [7, 11) is 0. The highest BCUT2D eigenvalue weighted by atomic mass is 35.5. The molecule has 1 aromatic carbocycles. The lowest BCUT2D eigenvalue weighted by Gasteiger charge is -2.37. The molecule has 124 valence electrons. The lowest BCUT2D eigenvalue weighted by atomic mass is 9.63. The Kier molecular flexibility index (Phi) is 2.94. The first kappa shape index (κ1) is 14.5. The molecule has 2 bridgehead atoms. The van der Waals surface area contributed by atoms with E-state index in [0.29, 0.717) is 16.9 Å². The van der Waals surface area contributed by atoms with Crippen molar-refractivity contribution in [2.45, 2.75) is 13.3 Å². The predicted molar refractivity (Wildman–Crippen MR) is 91.2 cm³/mol. The Bertz CT molecular complexity index is 754. The number of carbonyl (C=O) groups is 2. The second-order valence-corrected chi connectivity index (χ2v) is 7.99. The van der Waals surface area contributed by atoms with Gasteiger partial charge in [0.1, 0.15) is 0 Å². The molecule has 5 aliphatic rings. The number of allylic oxidation sites excluding steroid dienone is 2. The van der Waals surface area contributed by atoms with Crippen molar-refractivity contribution >= 4 is 29.1 Å². The summed E-state index contributed by atoms with van der Waals surface area (Å²) < 4.78 is 0. The summed E-state index contributed by atoms with van der Waals surface area (Å²) in [5, 5.41) is 3.86. The van der Waals surface area contributed by atoms with Gasteiger partial charge >= 0.3 is 0 Å². The smallest absolute Gasteiger partial charge is 0.235 e. The minimum atomic E-state index is -0.126. The molecule has 0 radical (unpaired) electrons. The SMILES string of the molecule is Cc1ccc(Cl)cc1NCN1C(=O)[C@@H]2[C@H]3C=C[C@@H]([C@@H]4C[C@H]34)[C@@H]2C1=O. The zero-order valence-electron chi connectivity index (χ0n) is 13.4. The van der Waals surface area contributed by atoms with Gasteiger partial charge < -0.3 is 5.32 Å². The third-order valence-corrected chi connectivity index (χ3v) is 6.62. The number of aryl methyl sites for hydroxylation is 1. The van der Waals surface area contributed by atoms with E-state index in [0.717, 1.165) is 11.3 Å². The zero-order valence-corrected chi connectivity index (χ0v) is 14.2. The molecule has 4 nitrogen and oxygen atoms in total. The van der Waals surface area contributed by atoms with Crippen molar-refractivity contribution in [2.24, 2.45) is 35.5 Å². The van der Waals surface area contributed by atoms with Crippen LogP contribution in [0, 0.1) is 42.4 Å². The summed E-state index contributed by atoms with van der Waals surface area (Å²) >= 11 is 6.04. The molecule has 6 rings (SSSR count). The van der Waals surface area contributed by atoms with E-state index in [1.807, 2.05) is 25.1 Å². The molecule has 1 aliphatic heterocycles. The highest BCUT2D eigenvalue weighted by molar-refractivity contribution is 6.30. The Labute approximate surface area is 145 Å². The molecule has 1 saturated heterocycles. The molecule has 0 aromatic heterocycles. The van der Waals surface area contributed by atoms with Gasteiger partial charge in [-0.3, -0.25) is 14.5 Å². The maximum Gasteiger partial charge on any atom is 0.235 e. The molecule has 1 heterocycles. The lowest BCUT2D eigenvalue weighted by Crippen LogP contribution is -2.40. The van der Waals surface area contributed by atoms with E-state index in [4.69, 9.17) is 11.6 Å². The van der Waals surface area contributed by atoms with Crippen molar-refractivity contribution in [1.29, 1.82) is 0 Å². The summed E-state index contributed by atoms with van der Waals surface area (Å²) in [6, 6.07) is 5.59. The molecule has 2 saturated carbocycles. The van der Waals surface area contributed by atoms with E-state index in [-0.39, 0.29) is 42.2 Å². The van der Waals surface area contributed by atoms with Crippen molar-refractivity contribution in [3.63, 3.8) is 0 Å².